The molecular weight excluding hydrogens is 228 g/mol. The number of carbonyl (C=O) groups is 1. The molecule has 1 aromatic rings. The summed E-state index contributed by atoms with van der Waals surface area (Å²) in [4.78, 5) is 14.0. The van der Waals surface area contributed by atoms with Crippen molar-refractivity contribution >= 4 is 5.91 Å². The van der Waals surface area contributed by atoms with Crippen LogP contribution < -0.4 is 5.32 Å². The summed E-state index contributed by atoms with van der Waals surface area (Å²) < 4.78 is 0. The summed E-state index contributed by atoms with van der Waals surface area (Å²) in [7, 11) is 2.03. The van der Waals surface area contributed by atoms with Crippen molar-refractivity contribution in [2.45, 2.75) is 33.1 Å². The van der Waals surface area contributed by atoms with Gasteiger partial charge in [-0.15, -0.1) is 0 Å². The molecule has 0 fully saturated rings. The van der Waals surface area contributed by atoms with Crippen LogP contribution in [0.3, 0.4) is 0 Å². The molecule has 1 aromatic heterocycles. The van der Waals surface area contributed by atoms with Gasteiger partial charge in [-0.1, -0.05) is 27.7 Å². The van der Waals surface area contributed by atoms with Crippen molar-refractivity contribution in [3.05, 3.63) is 17.5 Å². The highest BCUT2D eigenvalue weighted by Gasteiger charge is 2.19. The number of nitrogens with zero attached hydrogens (tertiary/aromatic N) is 2. The van der Waals surface area contributed by atoms with Crippen LogP contribution in [0, 0.1) is 0 Å². The number of nitrogens with one attached hydrogen (secondary N) is 2. The molecule has 0 saturated carbocycles. The Labute approximate surface area is 109 Å². The van der Waals surface area contributed by atoms with E-state index >= 15 is 0 Å². The zero-order chi connectivity index (χ0) is 13.8. The van der Waals surface area contributed by atoms with E-state index in [1.165, 1.54) is 0 Å². The van der Waals surface area contributed by atoms with E-state index < -0.39 is 0 Å². The number of hydrogen-bond acceptors (Lipinski definition) is 3. The van der Waals surface area contributed by atoms with Crippen LogP contribution in [0.4, 0.5) is 0 Å². The maximum Gasteiger partial charge on any atom is 0.271 e. The molecule has 0 bridgehead atoms. The van der Waals surface area contributed by atoms with Crippen LogP contribution in [0.2, 0.25) is 0 Å². The maximum absolute atomic E-state index is 11.8. The van der Waals surface area contributed by atoms with Crippen LogP contribution >= 0.6 is 0 Å². The van der Waals surface area contributed by atoms with Gasteiger partial charge in [0.1, 0.15) is 5.69 Å². The molecule has 2 N–H and O–H groups in total. The van der Waals surface area contributed by atoms with Crippen molar-refractivity contribution in [2.75, 3.05) is 26.7 Å². The third-order valence-electron chi connectivity index (χ3n) is 2.94. The smallest absolute Gasteiger partial charge is 0.271 e. The van der Waals surface area contributed by atoms with Crippen molar-refractivity contribution in [1.82, 2.24) is 20.4 Å². The van der Waals surface area contributed by atoms with Gasteiger partial charge >= 0.3 is 0 Å². The van der Waals surface area contributed by atoms with E-state index in [-0.39, 0.29) is 11.3 Å². The predicted octanol–water partition coefficient (Wildman–Crippen LogP) is 1.39. The predicted molar refractivity (Wildman–Crippen MR) is 72.8 cm³/mol. The van der Waals surface area contributed by atoms with E-state index in [0.29, 0.717) is 12.2 Å². The van der Waals surface area contributed by atoms with Crippen molar-refractivity contribution in [3.63, 3.8) is 0 Å². The first-order valence-electron chi connectivity index (χ1n) is 6.37. The van der Waals surface area contributed by atoms with E-state index in [1.54, 1.807) is 0 Å². The Bertz CT molecular complexity index is 392. The molecule has 0 spiro atoms. The maximum atomic E-state index is 11.8. The second kappa shape index (κ2) is 6.00. The molecule has 0 aliphatic rings. The fourth-order valence-corrected chi connectivity index (χ4v) is 1.43. The van der Waals surface area contributed by atoms with Crippen LogP contribution in [0.5, 0.6) is 0 Å². The van der Waals surface area contributed by atoms with Crippen LogP contribution in [0.15, 0.2) is 6.07 Å². The molecule has 18 heavy (non-hydrogen) atoms. The normalized spacial score (nSPS) is 11.9. The number of rotatable bonds is 5. The highest BCUT2D eigenvalue weighted by Crippen LogP contribution is 2.20. The minimum atomic E-state index is -0.119. The lowest BCUT2D eigenvalue weighted by atomic mass is 9.92. The van der Waals surface area contributed by atoms with Crippen LogP contribution in [-0.4, -0.2) is 47.7 Å². The van der Waals surface area contributed by atoms with Crippen molar-refractivity contribution in [3.8, 4) is 0 Å². The molecule has 1 heterocycles. The monoisotopic (exact) mass is 252 g/mol. The molecular formula is C13H24N4O. The summed E-state index contributed by atoms with van der Waals surface area (Å²) in [6.45, 7) is 10.8. The largest absolute Gasteiger partial charge is 0.349 e. The van der Waals surface area contributed by atoms with Gasteiger partial charge in [0.05, 0.1) is 0 Å². The van der Waals surface area contributed by atoms with Gasteiger partial charge in [0.2, 0.25) is 0 Å². The Morgan fingerprint density at radius 2 is 2.17 bits per heavy atom. The summed E-state index contributed by atoms with van der Waals surface area (Å²) >= 11 is 0. The minimum Gasteiger partial charge on any atom is -0.349 e. The summed E-state index contributed by atoms with van der Waals surface area (Å²) in [5, 5.41) is 9.83. The zero-order valence-corrected chi connectivity index (χ0v) is 12.0. The van der Waals surface area contributed by atoms with E-state index in [4.69, 9.17) is 0 Å². The molecule has 0 radical (unpaired) electrons. The third-order valence-corrected chi connectivity index (χ3v) is 2.94. The van der Waals surface area contributed by atoms with Crippen molar-refractivity contribution in [1.29, 1.82) is 0 Å². The molecule has 0 saturated heterocycles. The van der Waals surface area contributed by atoms with E-state index in [0.717, 1.165) is 18.8 Å². The van der Waals surface area contributed by atoms with E-state index in [2.05, 4.69) is 48.1 Å². The van der Waals surface area contributed by atoms with Crippen LogP contribution in [-0.2, 0) is 5.41 Å². The second-order valence-corrected chi connectivity index (χ2v) is 5.57. The van der Waals surface area contributed by atoms with Crippen molar-refractivity contribution < 1.29 is 4.79 Å². The first-order chi connectivity index (χ1) is 8.34. The SMILES string of the molecule is CCN(C)CCNC(=O)c1cc(C(C)(C)C)[nH]n1. The lowest BCUT2D eigenvalue weighted by molar-refractivity contribution is 0.0945. The molecule has 0 unspecified atom stereocenters. The fraction of sp³-hybridized carbons (Fsp3) is 0.692. The van der Waals surface area contributed by atoms with Gasteiger partial charge in [-0.2, -0.15) is 5.10 Å². The minimum absolute atomic E-state index is 0.0199. The Balaban J connectivity index is 2.50. The molecule has 0 aromatic carbocycles. The van der Waals surface area contributed by atoms with Gasteiger partial charge in [0, 0.05) is 24.2 Å². The van der Waals surface area contributed by atoms with Crippen LogP contribution in [0.1, 0.15) is 43.9 Å². The summed E-state index contributed by atoms with van der Waals surface area (Å²) in [5.74, 6) is -0.119. The highest BCUT2D eigenvalue weighted by molar-refractivity contribution is 5.92. The van der Waals surface area contributed by atoms with Gasteiger partial charge in [-0.3, -0.25) is 9.89 Å². The topological polar surface area (TPSA) is 61.0 Å². The summed E-state index contributed by atoms with van der Waals surface area (Å²) in [5.41, 5.74) is 1.41. The number of aromatic amines is 1. The molecule has 1 rings (SSSR count). The lowest BCUT2D eigenvalue weighted by Gasteiger charge is -2.14. The zero-order valence-electron chi connectivity index (χ0n) is 12.0. The van der Waals surface area contributed by atoms with E-state index in [9.17, 15) is 4.79 Å². The van der Waals surface area contributed by atoms with Crippen molar-refractivity contribution in [2.24, 2.45) is 0 Å². The Morgan fingerprint density at radius 3 is 2.67 bits per heavy atom. The van der Waals surface area contributed by atoms with E-state index in [1.807, 2.05) is 13.1 Å². The Hall–Kier alpha value is -1.36. The van der Waals surface area contributed by atoms with Gasteiger partial charge in [0.15, 0.2) is 0 Å². The van der Waals surface area contributed by atoms with Crippen LogP contribution in [0.25, 0.3) is 0 Å². The molecule has 1 amide bonds. The van der Waals surface area contributed by atoms with Gasteiger partial charge in [0.25, 0.3) is 5.91 Å². The number of hydrogen-bond donors (Lipinski definition) is 2. The fourth-order valence-electron chi connectivity index (χ4n) is 1.43. The third kappa shape index (κ3) is 4.14. The molecule has 0 atom stereocenters. The molecule has 102 valence electrons. The average Bonchev–Trinajstić information content (AvgIpc) is 2.77. The Morgan fingerprint density at radius 1 is 1.50 bits per heavy atom. The number of likely N-dealkylation sites (N-methyl/N-ethyl adjacent to an activating group) is 1. The second-order valence-electron chi connectivity index (χ2n) is 5.57. The number of amides is 1. The Kier molecular flexibility index (Phi) is 4.90. The number of carbonyl (C=O) groups excluding carboxylic acids is 1. The van der Waals surface area contributed by atoms with Gasteiger partial charge in [-0.25, -0.2) is 0 Å². The number of aromatic nitrogens is 2. The van der Waals surface area contributed by atoms with Gasteiger partial charge < -0.3 is 10.2 Å². The number of H-pyrrole nitrogens is 1. The molecule has 5 nitrogen and oxygen atoms in total. The highest BCUT2D eigenvalue weighted by atomic mass is 16.1. The first kappa shape index (κ1) is 14.7. The summed E-state index contributed by atoms with van der Waals surface area (Å²) in [6.07, 6.45) is 0. The average molecular weight is 252 g/mol. The van der Waals surface area contributed by atoms with Gasteiger partial charge in [-0.05, 0) is 19.7 Å². The lowest BCUT2D eigenvalue weighted by Crippen LogP contribution is -2.33. The quantitative estimate of drug-likeness (QED) is 0.832. The first-order valence-corrected chi connectivity index (χ1v) is 6.37. The standard InChI is InChI=1S/C13H24N4O/c1-6-17(5)8-7-14-12(18)10-9-11(16-15-10)13(2,3)4/h9H,6-8H2,1-5H3,(H,14,18)(H,15,16). The molecule has 0 aliphatic carbocycles. The molecule has 0 aliphatic heterocycles. The summed E-state index contributed by atoms with van der Waals surface area (Å²) in [6, 6.07) is 1.82. The molecule has 5 heteroatoms.